The van der Waals surface area contributed by atoms with Crippen molar-refractivity contribution >= 4 is 0 Å². The van der Waals surface area contributed by atoms with E-state index in [4.69, 9.17) is 4.74 Å². The van der Waals surface area contributed by atoms with Crippen molar-refractivity contribution in [2.24, 2.45) is 0 Å². The Hall–Kier alpha value is -1.84. The van der Waals surface area contributed by atoms with Crippen LogP contribution in [0.2, 0.25) is 0 Å². The molecule has 0 saturated carbocycles. The van der Waals surface area contributed by atoms with Gasteiger partial charge in [-0.15, -0.1) is 0 Å². The van der Waals surface area contributed by atoms with Gasteiger partial charge in [-0.25, -0.2) is 0 Å². The molecule has 0 amide bonds. The molecule has 26 heavy (non-hydrogen) atoms. The van der Waals surface area contributed by atoms with Crippen molar-refractivity contribution in [2.75, 3.05) is 26.2 Å². The summed E-state index contributed by atoms with van der Waals surface area (Å²) in [6.07, 6.45) is 4.32. The molecular formula is C23H32NO2+. The Morgan fingerprint density at radius 1 is 0.962 bits per heavy atom. The number of hydrogen-bond acceptors (Lipinski definition) is 2. The maximum atomic E-state index is 11.1. The van der Waals surface area contributed by atoms with E-state index in [0.29, 0.717) is 0 Å². The van der Waals surface area contributed by atoms with Gasteiger partial charge >= 0.3 is 0 Å². The summed E-state index contributed by atoms with van der Waals surface area (Å²) in [7, 11) is 0. The van der Waals surface area contributed by atoms with E-state index in [1.165, 1.54) is 31.5 Å². The summed E-state index contributed by atoms with van der Waals surface area (Å²) in [5, 5.41) is 11.1. The summed E-state index contributed by atoms with van der Waals surface area (Å²) in [6, 6.07) is 18.5. The first-order valence-corrected chi connectivity index (χ1v) is 10.1. The zero-order chi connectivity index (χ0) is 18.2. The van der Waals surface area contributed by atoms with Gasteiger partial charge in [0.05, 0.1) is 38.3 Å². The molecule has 1 aliphatic heterocycles. The normalized spacial score (nSPS) is 17.2. The van der Waals surface area contributed by atoms with Crippen LogP contribution in [-0.2, 0) is 0 Å². The van der Waals surface area contributed by atoms with Gasteiger partial charge in [0.15, 0.2) is 0 Å². The summed E-state index contributed by atoms with van der Waals surface area (Å²) in [4.78, 5) is 1.61. The number of aliphatic hydroxyl groups is 1. The van der Waals surface area contributed by atoms with Crippen LogP contribution in [0.25, 0.3) is 0 Å². The third kappa shape index (κ3) is 5.09. The van der Waals surface area contributed by atoms with E-state index in [0.717, 1.165) is 37.3 Å². The molecule has 0 aromatic heterocycles. The predicted octanol–water partition coefficient (Wildman–Crippen LogP) is 3.36. The van der Waals surface area contributed by atoms with Crippen LogP contribution >= 0.6 is 0 Å². The van der Waals surface area contributed by atoms with Gasteiger partial charge < -0.3 is 14.7 Å². The first-order chi connectivity index (χ1) is 12.8. The molecule has 1 fully saturated rings. The van der Waals surface area contributed by atoms with Gasteiger partial charge in [-0.3, -0.25) is 0 Å². The molecule has 2 atom stereocenters. The van der Waals surface area contributed by atoms with Crippen molar-refractivity contribution < 1.29 is 14.7 Å². The molecule has 2 aromatic carbocycles. The van der Waals surface area contributed by atoms with E-state index < -0.39 is 6.10 Å². The third-order valence-electron chi connectivity index (χ3n) is 5.42. The standard InChI is InChI=1S/C23H31NO2/c1-2-3-17-26-21-13-11-20(12-14-21)23(25)22(18-24-15-7-8-16-24)19-9-5-4-6-10-19/h4-6,9-14,22-23,25H,2-3,7-8,15-18H2,1H3/p+1/t22-,23-/m0/s1. The Kier molecular flexibility index (Phi) is 7.10. The molecule has 0 aliphatic carbocycles. The number of aliphatic hydroxyl groups excluding tert-OH is 1. The second-order valence-electron chi connectivity index (χ2n) is 7.39. The average molecular weight is 355 g/mol. The average Bonchev–Trinajstić information content (AvgIpc) is 3.20. The Morgan fingerprint density at radius 2 is 1.65 bits per heavy atom. The molecule has 0 unspecified atom stereocenters. The van der Waals surface area contributed by atoms with Crippen molar-refractivity contribution in [1.29, 1.82) is 0 Å². The maximum Gasteiger partial charge on any atom is 0.119 e. The van der Waals surface area contributed by atoms with E-state index in [1.807, 2.05) is 30.3 Å². The molecule has 3 heteroatoms. The lowest BCUT2D eigenvalue weighted by Gasteiger charge is -2.26. The molecule has 1 saturated heterocycles. The summed E-state index contributed by atoms with van der Waals surface area (Å²) in [5.41, 5.74) is 2.20. The van der Waals surface area contributed by atoms with Crippen LogP contribution in [0.1, 0.15) is 55.8 Å². The maximum absolute atomic E-state index is 11.1. The fourth-order valence-corrected chi connectivity index (χ4v) is 3.83. The van der Waals surface area contributed by atoms with E-state index in [-0.39, 0.29) is 5.92 Å². The van der Waals surface area contributed by atoms with Crippen molar-refractivity contribution in [3.8, 4) is 5.75 Å². The Bertz CT molecular complexity index is 635. The minimum absolute atomic E-state index is 0.121. The van der Waals surface area contributed by atoms with Crippen LogP contribution in [0, 0.1) is 0 Å². The van der Waals surface area contributed by atoms with Gasteiger partial charge in [0.25, 0.3) is 0 Å². The number of unbranched alkanes of at least 4 members (excludes halogenated alkanes) is 1. The predicted molar refractivity (Wildman–Crippen MR) is 106 cm³/mol. The number of likely N-dealkylation sites (tertiary alicyclic amines) is 1. The number of quaternary nitrogens is 1. The van der Waals surface area contributed by atoms with Crippen molar-refractivity contribution in [3.63, 3.8) is 0 Å². The van der Waals surface area contributed by atoms with Gasteiger partial charge in [0, 0.05) is 12.8 Å². The number of rotatable bonds is 9. The zero-order valence-corrected chi connectivity index (χ0v) is 15.9. The lowest BCUT2D eigenvalue weighted by Crippen LogP contribution is -3.10. The van der Waals surface area contributed by atoms with E-state index in [1.54, 1.807) is 4.90 Å². The topological polar surface area (TPSA) is 33.9 Å². The molecular weight excluding hydrogens is 322 g/mol. The van der Waals surface area contributed by atoms with Crippen LogP contribution in [0.3, 0.4) is 0 Å². The largest absolute Gasteiger partial charge is 0.494 e. The molecule has 1 heterocycles. The van der Waals surface area contributed by atoms with E-state index in [9.17, 15) is 5.11 Å². The Balaban J connectivity index is 1.72. The second kappa shape index (κ2) is 9.75. The van der Waals surface area contributed by atoms with E-state index >= 15 is 0 Å². The van der Waals surface area contributed by atoms with Crippen LogP contribution in [0.5, 0.6) is 5.75 Å². The lowest BCUT2D eigenvalue weighted by atomic mass is 9.88. The number of ether oxygens (including phenoxy) is 1. The van der Waals surface area contributed by atoms with Crippen molar-refractivity contribution in [2.45, 2.75) is 44.6 Å². The Morgan fingerprint density at radius 3 is 2.31 bits per heavy atom. The minimum Gasteiger partial charge on any atom is -0.494 e. The molecule has 0 spiro atoms. The summed E-state index contributed by atoms with van der Waals surface area (Å²) < 4.78 is 5.75. The fraction of sp³-hybridized carbons (Fsp3) is 0.478. The molecule has 140 valence electrons. The lowest BCUT2D eigenvalue weighted by molar-refractivity contribution is -0.889. The highest BCUT2D eigenvalue weighted by Gasteiger charge is 2.28. The fourth-order valence-electron chi connectivity index (χ4n) is 3.83. The molecule has 3 nitrogen and oxygen atoms in total. The molecule has 0 radical (unpaired) electrons. The number of benzene rings is 2. The van der Waals surface area contributed by atoms with Gasteiger partial charge in [0.2, 0.25) is 0 Å². The van der Waals surface area contributed by atoms with Crippen molar-refractivity contribution in [3.05, 3.63) is 65.7 Å². The summed E-state index contributed by atoms with van der Waals surface area (Å²) in [6.45, 7) is 6.35. The quantitative estimate of drug-likeness (QED) is 0.677. The first-order valence-electron chi connectivity index (χ1n) is 10.1. The van der Waals surface area contributed by atoms with Gasteiger partial charge in [-0.1, -0.05) is 55.8 Å². The van der Waals surface area contributed by atoms with Gasteiger partial charge in [-0.2, -0.15) is 0 Å². The minimum atomic E-state index is -0.491. The second-order valence-corrected chi connectivity index (χ2v) is 7.39. The molecule has 2 aromatic rings. The summed E-state index contributed by atoms with van der Waals surface area (Å²) >= 11 is 0. The highest BCUT2D eigenvalue weighted by molar-refractivity contribution is 5.31. The molecule has 1 aliphatic rings. The van der Waals surface area contributed by atoms with Crippen LogP contribution < -0.4 is 9.64 Å². The number of nitrogens with one attached hydrogen (secondary N) is 1. The summed E-state index contributed by atoms with van der Waals surface area (Å²) in [5.74, 6) is 1.01. The van der Waals surface area contributed by atoms with Crippen LogP contribution in [-0.4, -0.2) is 31.3 Å². The monoisotopic (exact) mass is 354 g/mol. The van der Waals surface area contributed by atoms with Crippen LogP contribution in [0.15, 0.2) is 54.6 Å². The highest BCUT2D eigenvalue weighted by Crippen LogP contribution is 2.31. The third-order valence-corrected chi connectivity index (χ3v) is 5.42. The van der Waals surface area contributed by atoms with Gasteiger partial charge in [0.1, 0.15) is 5.75 Å². The molecule has 2 N–H and O–H groups in total. The molecule has 0 bridgehead atoms. The Labute approximate surface area is 157 Å². The van der Waals surface area contributed by atoms with E-state index in [2.05, 4.69) is 31.2 Å². The zero-order valence-electron chi connectivity index (χ0n) is 15.9. The smallest absolute Gasteiger partial charge is 0.119 e. The van der Waals surface area contributed by atoms with Gasteiger partial charge in [-0.05, 0) is 29.7 Å². The SMILES string of the molecule is CCCCOc1ccc([C@H](O)[C@@H](C[NH+]2CCCC2)c2ccccc2)cc1. The molecule has 3 rings (SSSR count). The van der Waals surface area contributed by atoms with Crippen molar-refractivity contribution in [1.82, 2.24) is 0 Å². The highest BCUT2D eigenvalue weighted by atomic mass is 16.5. The number of hydrogen-bond donors (Lipinski definition) is 2. The first kappa shape index (κ1) is 18.9. The van der Waals surface area contributed by atoms with Crippen LogP contribution in [0.4, 0.5) is 0 Å².